The summed E-state index contributed by atoms with van der Waals surface area (Å²) in [6, 6.07) is 49.9. The Morgan fingerprint density at radius 2 is 1.02 bits per heavy atom. The first kappa shape index (κ1) is 65.7. The Balaban J connectivity index is 0.000000129. The number of aromatic nitrogens is 3. The van der Waals surface area contributed by atoms with E-state index >= 15 is 0 Å². The lowest BCUT2D eigenvalue weighted by molar-refractivity contribution is -0.115. The van der Waals surface area contributed by atoms with Gasteiger partial charge in [0.1, 0.15) is 30.0 Å². The molecule has 0 unspecified atom stereocenters. The van der Waals surface area contributed by atoms with E-state index in [1.165, 1.54) is 45.6 Å². The van der Waals surface area contributed by atoms with Gasteiger partial charge in [0, 0.05) is 112 Å². The van der Waals surface area contributed by atoms with Crippen LogP contribution in [0.1, 0.15) is 83.9 Å². The number of nitrogens with one attached hydrogen (secondary N) is 3. The molecule has 0 bridgehead atoms. The molecule has 15 rings (SSSR count). The number of thiophene rings is 3. The molecule has 12 aromatic rings. The minimum atomic E-state index is -0.169. The quantitative estimate of drug-likeness (QED) is 0.0885. The monoisotopic (exact) mass is 1390 g/mol. The van der Waals surface area contributed by atoms with Crippen molar-refractivity contribution in [2.24, 2.45) is 0 Å². The standard InChI is InChI=1S/C26H28N4OS2.C24H20N4OS2.C24H23N3OS3/c1-16(2)30-14-13-19-22(15-30)33-26(23(19)25-27-20-7-5-6-8-21(20)32-25)28-24(31)17-9-11-18(12-10-17)29(3)4;1-2-28-12-11-17-20(14-28)31-24(27-22(29)16-9-7-15(13-25)8-10-16)21(17)23-26-18-5-3-4-6-19(18)30-23;1-27-12-11-17-20(14-27)31-24(22(17)23-25-18-5-3-4-6-19(18)30-23)26-21(28)13-15-7-9-16(29-2)10-8-15/h5-12,16H,13-15H2,1-4H3,(H,28,31);3-10H,2,11-12,14H2,1H3,(H,27,29);3-10H,11-14H2,1-2H3,(H,26,28). The summed E-state index contributed by atoms with van der Waals surface area (Å²) < 4.78 is 3.49. The fourth-order valence-electron chi connectivity index (χ4n) is 12.1. The number of rotatable bonds is 14. The molecule has 95 heavy (non-hydrogen) atoms. The largest absolute Gasteiger partial charge is 0.378 e. The second-order valence-electron chi connectivity index (χ2n) is 24.1. The lowest BCUT2D eigenvalue weighted by atomic mass is 10.0. The Labute approximate surface area is 582 Å². The van der Waals surface area contributed by atoms with Gasteiger partial charge >= 0.3 is 0 Å². The zero-order chi connectivity index (χ0) is 65.9. The van der Waals surface area contributed by atoms with Crippen molar-refractivity contribution in [1.82, 2.24) is 29.7 Å². The summed E-state index contributed by atoms with van der Waals surface area (Å²) in [7, 11) is 6.14. The molecule has 0 atom stereocenters. The third-order valence-corrected chi connectivity index (χ3v) is 24.6. The predicted octanol–water partition coefficient (Wildman–Crippen LogP) is 17.6. The van der Waals surface area contributed by atoms with Gasteiger partial charge in [0.2, 0.25) is 5.91 Å². The number of carbonyl (C=O) groups excluding carboxylic acids is 3. The van der Waals surface area contributed by atoms with Crippen molar-refractivity contribution in [2.75, 3.05) is 74.4 Å². The topological polar surface area (TPSA) is 163 Å². The lowest BCUT2D eigenvalue weighted by Crippen LogP contribution is -2.35. The lowest BCUT2D eigenvalue weighted by Gasteiger charge is -2.30. The average Bonchev–Trinajstić information content (AvgIpc) is 1.63. The number of amides is 3. The van der Waals surface area contributed by atoms with Gasteiger partial charge in [-0.25, -0.2) is 15.0 Å². The SMILES string of the molecule is CC(C)N1CCc2c(sc(NC(=O)c3ccc(N(C)C)cc3)c2-c2nc3ccccc3s2)C1.CCN1CCc2c(sc(NC(=O)c3ccc(C#N)cc3)c2-c2nc3ccccc3s2)C1.CSc1ccc(CC(=O)Nc2sc3c(c2-c2nc4ccccc4s2)CCN(C)C3)cc1. The summed E-state index contributed by atoms with van der Waals surface area (Å²) in [6.07, 6.45) is 5.34. The molecule has 3 amide bonds. The third kappa shape index (κ3) is 14.6. The van der Waals surface area contributed by atoms with Gasteiger partial charge in [-0.05, 0) is 172 Å². The van der Waals surface area contributed by atoms with Crippen LogP contribution >= 0.6 is 79.8 Å². The number of para-hydroxylation sites is 3. The molecule has 482 valence electrons. The van der Waals surface area contributed by atoms with Crippen LogP contribution in [0.4, 0.5) is 20.7 Å². The maximum Gasteiger partial charge on any atom is 0.256 e. The summed E-state index contributed by atoms with van der Waals surface area (Å²) in [4.78, 5) is 68.3. The Hall–Kier alpha value is -7.98. The van der Waals surface area contributed by atoms with E-state index < -0.39 is 0 Å². The van der Waals surface area contributed by atoms with E-state index in [4.69, 9.17) is 20.2 Å². The molecule has 6 aromatic carbocycles. The minimum absolute atomic E-state index is 0.0196. The van der Waals surface area contributed by atoms with Crippen LogP contribution in [-0.4, -0.2) is 107 Å². The van der Waals surface area contributed by atoms with Crippen LogP contribution in [0.3, 0.4) is 0 Å². The van der Waals surface area contributed by atoms with E-state index in [9.17, 15) is 14.4 Å². The molecule has 0 aliphatic carbocycles. The highest BCUT2D eigenvalue weighted by Gasteiger charge is 2.31. The molecule has 9 heterocycles. The molecule has 0 radical (unpaired) electrons. The number of anilines is 4. The first-order valence-electron chi connectivity index (χ1n) is 31.7. The van der Waals surface area contributed by atoms with Gasteiger partial charge in [0.15, 0.2) is 0 Å². The van der Waals surface area contributed by atoms with Gasteiger partial charge in [-0.3, -0.25) is 24.2 Å². The Morgan fingerprint density at radius 1 is 0.568 bits per heavy atom. The van der Waals surface area contributed by atoms with E-state index in [1.54, 1.807) is 104 Å². The Morgan fingerprint density at radius 3 is 1.48 bits per heavy atom. The smallest absolute Gasteiger partial charge is 0.256 e. The molecule has 0 saturated heterocycles. The van der Waals surface area contributed by atoms with Crippen molar-refractivity contribution >= 4 is 149 Å². The fourth-order valence-corrected chi connectivity index (χ4v) is 19.7. The van der Waals surface area contributed by atoms with Crippen LogP contribution in [-0.2, 0) is 50.1 Å². The molecule has 0 spiro atoms. The average molecular weight is 1390 g/mol. The van der Waals surface area contributed by atoms with Crippen LogP contribution < -0.4 is 20.9 Å². The molecular weight excluding hydrogens is 1320 g/mol. The number of thiazole rings is 3. The molecule has 14 nitrogen and oxygen atoms in total. The molecule has 3 aliphatic rings. The van der Waals surface area contributed by atoms with Crippen molar-refractivity contribution in [3.05, 3.63) is 199 Å². The van der Waals surface area contributed by atoms with E-state index in [-0.39, 0.29) is 17.7 Å². The van der Waals surface area contributed by atoms with Crippen molar-refractivity contribution in [3.8, 4) is 37.8 Å². The second kappa shape index (κ2) is 29.2. The number of carbonyl (C=O) groups is 3. The number of fused-ring (bicyclic) bond motifs is 6. The zero-order valence-electron chi connectivity index (χ0n) is 53.9. The highest BCUT2D eigenvalue weighted by Crippen LogP contribution is 2.49. The van der Waals surface area contributed by atoms with Gasteiger partial charge in [0.05, 0.1) is 48.7 Å². The van der Waals surface area contributed by atoms with Gasteiger partial charge < -0.3 is 25.8 Å². The van der Waals surface area contributed by atoms with Crippen LogP contribution in [0.5, 0.6) is 0 Å². The first-order chi connectivity index (χ1) is 46.2. The second-order valence-corrected chi connectivity index (χ2v) is 31.4. The van der Waals surface area contributed by atoms with Crippen molar-refractivity contribution in [1.29, 1.82) is 5.26 Å². The van der Waals surface area contributed by atoms with Gasteiger partial charge in [-0.2, -0.15) is 5.26 Å². The van der Waals surface area contributed by atoms with Crippen LogP contribution in [0.15, 0.2) is 150 Å². The summed E-state index contributed by atoms with van der Waals surface area (Å²) in [5, 5.41) is 24.3. The molecule has 3 N–H and O–H groups in total. The molecule has 0 fully saturated rings. The molecule has 21 heteroatoms. The summed E-state index contributed by atoms with van der Waals surface area (Å²) in [6.45, 7) is 13.5. The Bertz CT molecular complexity index is 4720. The number of likely N-dealkylation sites (N-methyl/N-ethyl adjacent to an activating group) is 2. The van der Waals surface area contributed by atoms with Crippen LogP contribution in [0.2, 0.25) is 0 Å². The Kier molecular flexibility index (Phi) is 20.2. The summed E-state index contributed by atoms with van der Waals surface area (Å²) in [5.41, 5.74) is 14.1. The van der Waals surface area contributed by atoms with Gasteiger partial charge in [0.25, 0.3) is 11.8 Å². The van der Waals surface area contributed by atoms with Crippen molar-refractivity contribution in [2.45, 2.75) is 77.0 Å². The number of benzene rings is 6. The zero-order valence-corrected chi connectivity index (χ0v) is 59.6. The van der Waals surface area contributed by atoms with E-state index in [1.807, 2.05) is 97.9 Å². The third-order valence-electron chi connectivity index (χ3n) is 17.3. The molecule has 3 aliphatic heterocycles. The highest BCUT2D eigenvalue weighted by atomic mass is 32.2. The number of nitrogens with zero attached hydrogens (tertiary/aromatic N) is 8. The number of thioether (sulfide) groups is 1. The summed E-state index contributed by atoms with van der Waals surface area (Å²) >= 11 is 11.9. The van der Waals surface area contributed by atoms with E-state index in [0.29, 0.717) is 29.2 Å². The summed E-state index contributed by atoms with van der Waals surface area (Å²) in [5.74, 6) is -0.231. The van der Waals surface area contributed by atoms with Crippen molar-refractivity contribution in [3.63, 3.8) is 0 Å². The fraction of sp³-hybridized carbons (Fsp3) is 0.257. The van der Waals surface area contributed by atoms with Gasteiger partial charge in [-0.15, -0.1) is 79.8 Å². The minimum Gasteiger partial charge on any atom is -0.378 e. The number of hydrogen-bond acceptors (Lipinski definition) is 18. The van der Waals surface area contributed by atoms with E-state index in [0.717, 1.165) is 144 Å². The predicted molar refractivity (Wildman–Crippen MR) is 401 cm³/mol. The molecular formula is C74H71N11O3S7. The van der Waals surface area contributed by atoms with Gasteiger partial charge in [-0.1, -0.05) is 55.5 Å². The highest BCUT2D eigenvalue weighted by molar-refractivity contribution is 7.98. The van der Waals surface area contributed by atoms with Crippen LogP contribution in [0.25, 0.3) is 62.4 Å². The molecule has 0 saturated carbocycles. The van der Waals surface area contributed by atoms with Crippen molar-refractivity contribution < 1.29 is 14.4 Å². The van der Waals surface area contributed by atoms with Crippen LogP contribution in [0, 0.1) is 11.3 Å². The van der Waals surface area contributed by atoms with E-state index in [2.05, 4.69) is 113 Å². The number of hydrogen-bond donors (Lipinski definition) is 3. The normalized spacial score (nSPS) is 13.9. The molecule has 6 aromatic heterocycles. The number of nitriles is 1. The maximum absolute atomic E-state index is 13.2. The first-order valence-corrected chi connectivity index (χ1v) is 37.8. The maximum atomic E-state index is 13.2.